The van der Waals surface area contributed by atoms with Crippen molar-refractivity contribution in [1.29, 1.82) is 0 Å². The molecule has 1 amide bonds. The lowest BCUT2D eigenvalue weighted by molar-refractivity contribution is -0.111. The second kappa shape index (κ2) is 8.57. The predicted octanol–water partition coefficient (Wildman–Crippen LogP) is 6.93. The highest BCUT2D eigenvalue weighted by atomic mass is 79.9. The molecule has 3 heteroatoms. The minimum atomic E-state index is -0.140. The Bertz CT molecular complexity index is 986. The van der Waals surface area contributed by atoms with E-state index in [9.17, 15) is 4.79 Å². The molecule has 142 valence electrons. The van der Waals surface area contributed by atoms with E-state index in [1.54, 1.807) is 0 Å². The first-order chi connectivity index (χ1) is 13.3. The summed E-state index contributed by atoms with van der Waals surface area (Å²) in [5.74, 6) is -0.140. The van der Waals surface area contributed by atoms with E-state index in [1.807, 2.05) is 72.8 Å². The van der Waals surface area contributed by atoms with Gasteiger partial charge in [-0.3, -0.25) is 4.79 Å². The van der Waals surface area contributed by atoms with E-state index < -0.39 is 0 Å². The van der Waals surface area contributed by atoms with Gasteiger partial charge < -0.3 is 5.32 Å². The number of benzene rings is 3. The molecule has 0 aromatic heterocycles. The fraction of sp³-hybridized carbons (Fsp3) is 0.160. The quantitative estimate of drug-likeness (QED) is 0.350. The topological polar surface area (TPSA) is 29.1 Å². The van der Waals surface area contributed by atoms with Crippen molar-refractivity contribution in [2.24, 2.45) is 0 Å². The average molecular weight is 434 g/mol. The summed E-state index contributed by atoms with van der Waals surface area (Å²) in [5, 5.41) is 3.05. The minimum absolute atomic E-state index is 0.0491. The van der Waals surface area contributed by atoms with Crippen LogP contribution in [0.5, 0.6) is 0 Å². The SMILES string of the molecule is CC(C)(C)c1ccc(NC(=O)/C(=C/c2ccccc2)c2ccccc2)c(Br)c1. The third-order valence-electron chi connectivity index (χ3n) is 4.52. The summed E-state index contributed by atoms with van der Waals surface area (Å²) in [6, 6.07) is 25.7. The molecule has 0 radical (unpaired) electrons. The van der Waals surface area contributed by atoms with Gasteiger partial charge >= 0.3 is 0 Å². The number of halogens is 1. The van der Waals surface area contributed by atoms with E-state index in [-0.39, 0.29) is 11.3 Å². The van der Waals surface area contributed by atoms with Gasteiger partial charge in [0, 0.05) is 10.0 Å². The number of amides is 1. The van der Waals surface area contributed by atoms with Gasteiger partial charge in [-0.1, -0.05) is 87.5 Å². The number of carbonyl (C=O) groups is 1. The molecule has 3 aromatic rings. The van der Waals surface area contributed by atoms with Gasteiger partial charge in [0.15, 0.2) is 0 Å². The first-order valence-corrected chi connectivity index (χ1v) is 10.1. The summed E-state index contributed by atoms with van der Waals surface area (Å²) in [4.78, 5) is 13.2. The van der Waals surface area contributed by atoms with Gasteiger partial charge in [0.05, 0.1) is 5.69 Å². The van der Waals surface area contributed by atoms with Crippen molar-refractivity contribution in [3.8, 4) is 0 Å². The molecule has 2 nitrogen and oxygen atoms in total. The lowest BCUT2D eigenvalue weighted by Crippen LogP contribution is -2.15. The third kappa shape index (κ3) is 4.99. The molecule has 0 saturated carbocycles. The first kappa shape index (κ1) is 20.1. The zero-order valence-electron chi connectivity index (χ0n) is 16.4. The van der Waals surface area contributed by atoms with Crippen molar-refractivity contribution in [3.63, 3.8) is 0 Å². The van der Waals surface area contributed by atoms with Crippen LogP contribution in [0.1, 0.15) is 37.5 Å². The van der Waals surface area contributed by atoms with Gasteiger partial charge in [0.1, 0.15) is 0 Å². The number of rotatable bonds is 4. The zero-order chi connectivity index (χ0) is 20.1. The van der Waals surface area contributed by atoms with Crippen LogP contribution in [-0.2, 0) is 10.2 Å². The Labute approximate surface area is 175 Å². The lowest BCUT2D eigenvalue weighted by Gasteiger charge is -2.20. The Morgan fingerprint density at radius 3 is 2.07 bits per heavy atom. The molecule has 3 rings (SSSR count). The molecule has 28 heavy (non-hydrogen) atoms. The van der Waals surface area contributed by atoms with Crippen LogP contribution in [0.15, 0.2) is 83.3 Å². The number of hydrogen-bond acceptors (Lipinski definition) is 1. The summed E-state index contributed by atoms with van der Waals surface area (Å²) in [6.07, 6.45) is 1.92. The van der Waals surface area contributed by atoms with Gasteiger partial charge in [-0.2, -0.15) is 0 Å². The maximum Gasteiger partial charge on any atom is 0.256 e. The summed E-state index contributed by atoms with van der Waals surface area (Å²) >= 11 is 3.61. The highest BCUT2D eigenvalue weighted by Gasteiger charge is 2.17. The Kier molecular flexibility index (Phi) is 6.15. The molecular formula is C25H24BrNO. The van der Waals surface area contributed by atoms with E-state index >= 15 is 0 Å². The fourth-order valence-electron chi connectivity index (χ4n) is 2.89. The molecule has 0 fully saturated rings. The first-order valence-electron chi connectivity index (χ1n) is 9.28. The molecular weight excluding hydrogens is 410 g/mol. The lowest BCUT2D eigenvalue weighted by atomic mass is 9.87. The van der Waals surface area contributed by atoms with Crippen LogP contribution in [0.3, 0.4) is 0 Å². The van der Waals surface area contributed by atoms with Crippen LogP contribution in [0.4, 0.5) is 5.69 Å². The van der Waals surface area contributed by atoms with Crippen LogP contribution in [0, 0.1) is 0 Å². The van der Waals surface area contributed by atoms with E-state index in [2.05, 4.69) is 54.2 Å². The Balaban J connectivity index is 1.94. The van der Waals surface area contributed by atoms with Gasteiger partial charge in [0.2, 0.25) is 0 Å². The molecule has 0 spiro atoms. The Morgan fingerprint density at radius 1 is 0.893 bits per heavy atom. The van der Waals surface area contributed by atoms with Crippen LogP contribution >= 0.6 is 15.9 Å². The molecule has 0 heterocycles. The number of hydrogen-bond donors (Lipinski definition) is 1. The molecule has 1 N–H and O–H groups in total. The number of carbonyl (C=O) groups excluding carboxylic acids is 1. The standard InChI is InChI=1S/C25H24BrNO/c1-25(2,3)20-14-15-23(22(26)17-20)27-24(28)21(19-12-8-5-9-13-19)16-18-10-6-4-7-11-18/h4-17H,1-3H3,(H,27,28)/b21-16+. The second-order valence-electron chi connectivity index (χ2n) is 7.73. The smallest absolute Gasteiger partial charge is 0.256 e. The molecule has 0 unspecified atom stereocenters. The maximum atomic E-state index is 13.2. The molecule has 0 aliphatic carbocycles. The third-order valence-corrected chi connectivity index (χ3v) is 5.18. The van der Waals surface area contributed by atoms with Gasteiger partial charge in [0.25, 0.3) is 5.91 Å². The van der Waals surface area contributed by atoms with Crippen molar-refractivity contribution in [1.82, 2.24) is 0 Å². The van der Waals surface area contributed by atoms with E-state index in [0.29, 0.717) is 5.57 Å². The van der Waals surface area contributed by atoms with Gasteiger partial charge in [-0.25, -0.2) is 0 Å². The Morgan fingerprint density at radius 2 is 1.50 bits per heavy atom. The van der Waals surface area contributed by atoms with Crippen LogP contribution in [-0.4, -0.2) is 5.91 Å². The molecule has 3 aromatic carbocycles. The maximum absolute atomic E-state index is 13.2. The highest BCUT2D eigenvalue weighted by Crippen LogP contribution is 2.31. The molecule has 0 aliphatic rings. The monoisotopic (exact) mass is 433 g/mol. The normalized spacial score (nSPS) is 11.9. The van der Waals surface area contributed by atoms with Crippen molar-refractivity contribution < 1.29 is 4.79 Å². The van der Waals surface area contributed by atoms with Gasteiger partial charge in [-0.05, 0) is 56.2 Å². The van der Waals surface area contributed by atoms with E-state index in [0.717, 1.165) is 21.3 Å². The van der Waals surface area contributed by atoms with Crippen molar-refractivity contribution in [2.45, 2.75) is 26.2 Å². The summed E-state index contributed by atoms with van der Waals surface area (Å²) in [6.45, 7) is 6.51. The Hall–Kier alpha value is -2.65. The number of nitrogens with one attached hydrogen (secondary N) is 1. The zero-order valence-corrected chi connectivity index (χ0v) is 18.0. The molecule has 0 bridgehead atoms. The van der Waals surface area contributed by atoms with Crippen LogP contribution in [0.2, 0.25) is 0 Å². The van der Waals surface area contributed by atoms with E-state index in [4.69, 9.17) is 0 Å². The molecule has 0 saturated heterocycles. The minimum Gasteiger partial charge on any atom is -0.321 e. The van der Waals surface area contributed by atoms with Gasteiger partial charge in [-0.15, -0.1) is 0 Å². The summed E-state index contributed by atoms with van der Waals surface area (Å²) < 4.78 is 0.875. The van der Waals surface area contributed by atoms with Crippen molar-refractivity contribution in [2.75, 3.05) is 5.32 Å². The van der Waals surface area contributed by atoms with E-state index in [1.165, 1.54) is 5.56 Å². The highest BCUT2D eigenvalue weighted by molar-refractivity contribution is 9.10. The van der Waals surface area contributed by atoms with Crippen molar-refractivity contribution in [3.05, 3.63) is 100 Å². The predicted molar refractivity (Wildman–Crippen MR) is 122 cm³/mol. The fourth-order valence-corrected chi connectivity index (χ4v) is 3.36. The average Bonchev–Trinajstić information content (AvgIpc) is 2.68. The van der Waals surface area contributed by atoms with Crippen LogP contribution < -0.4 is 5.32 Å². The largest absolute Gasteiger partial charge is 0.321 e. The summed E-state index contributed by atoms with van der Waals surface area (Å²) in [7, 11) is 0. The van der Waals surface area contributed by atoms with Crippen LogP contribution in [0.25, 0.3) is 11.6 Å². The molecule has 0 atom stereocenters. The molecule has 0 aliphatic heterocycles. The van der Waals surface area contributed by atoms with Crippen molar-refractivity contribution >= 4 is 39.2 Å². The summed E-state index contributed by atoms with van der Waals surface area (Å²) in [5.41, 5.74) is 4.50. The number of anilines is 1. The second-order valence-corrected chi connectivity index (χ2v) is 8.59.